The third kappa shape index (κ3) is 3.30. The molecule has 0 unspecified atom stereocenters. The van der Waals surface area contributed by atoms with Gasteiger partial charge in [-0.15, -0.1) is 0 Å². The van der Waals surface area contributed by atoms with Gasteiger partial charge in [0.25, 0.3) is 0 Å². The molecule has 1 aromatic carbocycles. The molecule has 3 N–H and O–H groups in total. The zero-order valence-electron chi connectivity index (χ0n) is 11.2. The standard InChI is InChI=1S/C14H22N2O/c1-9-7-10(2)12(4)13(11(9)3)8-16-14(17)5-6-15/h7H,5-6,8,15H2,1-4H3,(H,16,17). The summed E-state index contributed by atoms with van der Waals surface area (Å²) in [5, 5.41) is 2.92. The fraction of sp³-hybridized carbons (Fsp3) is 0.500. The Bertz CT molecular complexity index is 398. The van der Waals surface area contributed by atoms with Gasteiger partial charge in [-0.3, -0.25) is 4.79 Å². The Morgan fingerprint density at radius 3 is 2.18 bits per heavy atom. The summed E-state index contributed by atoms with van der Waals surface area (Å²) >= 11 is 0. The molecule has 0 saturated heterocycles. The Labute approximate surface area is 103 Å². The third-order valence-electron chi connectivity index (χ3n) is 3.36. The van der Waals surface area contributed by atoms with E-state index in [1.54, 1.807) is 0 Å². The number of nitrogens with one attached hydrogen (secondary N) is 1. The summed E-state index contributed by atoms with van der Waals surface area (Å²) in [7, 11) is 0. The average molecular weight is 234 g/mol. The van der Waals surface area contributed by atoms with Crippen LogP contribution in [0.2, 0.25) is 0 Å². The second kappa shape index (κ2) is 5.82. The van der Waals surface area contributed by atoms with Gasteiger partial charge in [-0.1, -0.05) is 6.07 Å². The predicted molar refractivity (Wildman–Crippen MR) is 70.9 cm³/mol. The zero-order valence-corrected chi connectivity index (χ0v) is 11.2. The van der Waals surface area contributed by atoms with Crippen LogP contribution in [0, 0.1) is 27.7 Å². The number of carbonyl (C=O) groups excluding carboxylic acids is 1. The molecule has 17 heavy (non-hydrogen) atoms. The molecule has 1 rings (SSSR count). The van der Waals surface area contributed by atoms with Crippen LogP contribution < -0.4 is 11.1 Å². The fourth-order valence-electron chi connectivity index (χ4n) is 1.97. The van der Waals surface area contributed by atoms with E-state index in [2.05, 4.69) is 39.1 Å². The zero-order chi connectivity index (χ0) is 13.0. The van der Waals surface area contributed by atoms with Crippen molar-refractivity contribution in [3.8, 4) is 0 Å². The summed E-state index contributed by atoms with van der Waals surface area (Å²) in [6.45, 7) is 9.41. The van der Waals surface area contributed by atoms with Crippen LogP contribution in [0.4, 0.5) is 0 Å². The van der Waals surface area contributed by atoms with E-state index in [-0.39, 0.29) is 5.91 Å². The highest BCUT2D eigenvalue weighted by molar-refractivity contribution is 5.76. The number of hydrogen-bond acceptors (Lipinski definition) is 2. The van der Waals surface area contributed by atoms with E-state index < -0.39 is 0 Å². The van der Waals surface area contributed by atoms with E-state index in [4.69, 9.17) is 5.73 Å². The number of aryl methyl sites for hydroxylation is 2. The fourth-order valence-corrected chi connectivity index (χ4v) is 1.97. The highest BCUT2D eigenvalue weighted by Gasteiger charge is 2.09. The monoisotopic (exact) mass is 234 g/mol. The summed E-state index contributed by atoms with van der Waals surface area (Å²) in [6, 6.07) is 2.19. The largest absolute Gasteiger partial charge is 0.352 e. The highest BCUT2D eigenvalue weighted by atomic mass is 16.1. The molecule has 0 spiro atoms. The molecule has 0 aliphatic carbocycles. The smallest absolute Gasteiger partial charge is 0.221 e. The SMILES string of the molecule is Cc1cc(C)c(C)c(CNC(=O)CCN)c1C. The minimum absolute atomic E-state index is 0.0189. The van der Waals surface area contributed by atoms with Crippen molar-refractivity contribution in [2.24, 2.45) is 5.73 Å². The molecule has 3 nitrogen and oxygen atoms in total. The van der Waals surface area contributed by atoms with E-state index in [0.717, 1.165) is 0 Å². The first kappa shape index (κ1) is 13.7. The summed E-state index contributed by atoms with van der Waals surface area (Å²) in [6.07, 6.45) is 0.392. The number of carbonyl (C=O) groups is 1. The van der Waals surface area contributed by atoms with Gasteiger partial charge in [0.1, 0.15) is 0 Å². The summed E-state index contributed by atoms with van der Waals surface area (Å²) in [5.74, 6) is 0.0189. The van der Waals surface area contributed by atoms with Gasteiger partial charge in [-0.05, 0) is 55.5 Å². The maximum atomic E-state index is 11.4. The number of benzene rings is 1. The van der Waals surface area contributed by atoms with E-state index in [0.29, 0.717) is 19.5 Å². The lowest BCUT2D eigenvalue weighted by molar-refractivity contribution is -0.121. The lowest BCUT2D eigenvalue weighted by Crippen LogP contribution is -2.26. The van der Waals surface area contributed by atoms with Gasteiger partial charge in [-0.25, -0.2) is 0 Å². The van der Waals surface area contributed by atoms with Crippen LogP contribution in [-0.4, -0.2) is 12.5 Å². The van der Waals surface area contributed by atoms with Gasteiger partial charge in [-0.2, -0.15) is 0 Å². The molecule has 0 aliphatic heterocycles. The normalized spacial score (nSPS) is 10.4. The van der Waals surface area contributed by atoms with Crippen molar-refractivity contribution in [1.29, 1.82) is 0 Å². The molecule has 0 atom stereocenters. The van der Waals surface area contributed by atoms with Crippen molar-refractivity contribution in [2.45, 2.75) is 40.7 Å². The van der Waals surface area contributed by atoms with Crippen molar-refractivity contribution >= 4 is 5.91 Å². The maximum Gasteiger partial charge on any atom is 0.221 e. The van der Waals surface area contributed by atoms with Gasteiger partial charge in [0.2, 0.25) is 5.91 Å². The summed E-state index contributed by atoms with van der Waals surface area (Å²) in [4.78, 5) is 11.4. The first-order chi connectivity index (χ1) is 7.97. The van der Waals surface area contributed by atoms with Crippen molar-refractivity contribution in [3.05, 3.63) is 33.9 Å². The Hall–Kier alpha value is -1.35. The lowest BCUT2D eigenvalue weighted by Gasteiger charge is -2.15. The van der Waals surface area contributed by atoms with Crippen LogP contribution in [0.1, 0.15) is 34.2 Å². The molecule has 0 heterocycles. The molecule has 0 aromatic heterocycles. The Morgan fingerprint density at radius 1 is 1.18 bits per heavy atom. The van der Waals surface area contributed by atoms with E-state index >= 15 is 0 Å². The molecule has 0 aliphatic rings. The second-order valence-electron chi connectivity index (χ2n) is 4.55. The quantitative estimate of drug-likeness (QED) is 0.836. The van der Waals surface area contributed by atoms with Crippen molar-refractivity contribution in [2.75, 3.05) is 6.54 Å². The minimum atomic E-state index is 0.0189. The van der Waals surface area contributed by atoms with Gasteiger partial charge >= 0.3 is 0 Å². The molecule has 94 valence electrons. The third-order valence-corrected chi connectivity index (χ3v) is 3.36. The van der Waals surface area contributed by atoms with Crippen molar-refractivity contribution < 1.29 is 4.79 Å². The van der Waals surface area contributed by atoms with E-state index in [9.17, 15) is 4.79 Å². The topological polar surface area (TPSA) is 55.1 Å². The van der Waals surface area contributed by atoms with Crippen LogP contribution in [0.5, 0.6) is 0 Å². The average Bonchev–Trinajstić information content (AvgIpc) is 2.27. The first-order valence-corrected chi connectivity index (χ1v) is 6.00. The molecule has 0 bridgehead atoms. The van der Waals surface area contributed by atoms with E-state index in [1.807, 2.05) is 0 Å². The van der Waals surface area contributed by atoms with Gasteiger partial charge in [0.15, 0.2) is 0 Å². The molecule has 0 radical (unpaired) electrons. The molecule has 1 amide bonds. The van der Waals surface area contributed by atoms with Crippen LogP contribution >= 0.6 is 0 Å². The molecule has 3 heteroatoms. The highest BCUT2D eigenvalue weighted by Crippen LogP contribution is 2.21. The number of hydrogen-bond donors (Lipinski definition) is 2. The number of nitrogens with two attached hydrogens (primary N) is 1. The minimum Gasteiger partial charge on any atom is -0.352 e. The van der Waals surface area contributed by atoms with Gasteiger partial charge in [0.05, 0.1) is 0 Å². The second-order valence-corrected chi connectivity index (χ2v) is 4.55. The Balaban J connectivity index is 2.87. The molecule has 0 saturated carbocycles. The summed E-state index contributed by atoms with van der Waals surface area (Å²) < 4.78 is 0. The number of amides is 1. The maximum absolute atomic E-state index is 11.4. The lowest BCUT2D eigenvalue weighted by atomic mass is 9.94. The van der Waals surface area contributed by atoms with Crippen LogP contribution in [0.25, 0.3) is 0 Å². The van der Waals surface area contributed by atoms with Crippen molar-refractivity contribution in [3.63, 3.8) is 0 Å². The predicted octanol–water partition coefficient (Wildman–Crippen LogP) is 1.89. The molecule has 1 aromatic rings. The van der Waals surface area contributed by atoms with Gasteiger partial charge < -0.3 is 11.1 Å². The van der Waals surface area contributed by atoms with Crippen molar-refractivity contribution in [1.82, 2.24) is 5.32 Å². The molecule has 0 fully saturated rings. The number of rotatable bonds is 4. The first-order valence-electron chi connectivity index (χ1n) is 6.00. The Morgan fingerprint density at radius 2 is 1.71 bits per heavy atom. The summed E-state index contributed by atoms with van der Waals surface area (Å²) in [5.41, 5.74) is 11.7. The van der Waals surface area contributed by atoms with Crippen LogP contribution in [-0.2, 0) is 11.3 Å². The van der Waals surface area contributed by atoms with Crippen LogP contribution in [0.15, 0.2) is 6.07 Å². The molecular formula is C14H22N2O. The molecular weight excluding hydrogens is 212 g/mol. The van der Waals surface area contributed by atoms with Gasteiger partial charge in [0, 0.05) is 19.5 Å². The van der Waals surface area contributed by atoms with Crippen LogP contribution in [0.3, 0.4) is 0 Å². The van der Waals surface area contributed by atoms with E-state index in [1.165, 1.54) is 27.8 Å². The Kier molecular flexibility index (Phi) is 4.70.